The Bertz CT molecular complexity index is 426. The third-order valence-corrected chi connectivity index (χ3v) is 3.00. The number of nitrogens with one attached hydrogen (secondary N) is 1. The van der Waals surface area contributed by atoms with Crippen molar-refractivity contribution in [3.63, 3.8) is 0 Å². The maximum atomic E-state index is 11.7. The van der Waals surface area contributed by atoms with Gasteiger partial charge in [0, 0.05) is 11.3 Å². The lowest BCUT2D eigenvalue weighted by atomic mass is 9.91. The van der Waals surface area contributed by atoms with Crippen LogP contribution in [0.3, 0.4) is 0 Å². The van der Waals surface area contributed by atoms with Crippen molar-refractivity contribution in [3.05, 3.63) is 33.2 Å². The number of rotatable bonds is 1. The molecular weight excluding hydrogens is 190 g/mol. The van der Waals surface area contributed by atoms with Gasteiger partial charge in [-0.3, -0.25) is 4.79 Å². The van der Waals surface area contributed by atoms with E-state index in [-0.39, 0.29) is 5.56 Å². The average Bonchev–Trinajstić information content (AvgIpc) is 2.15. The quantitative estimate of drug-likeness (QED) is 0.733. The molecule has 0 radical (unpaired) electrons. The molecule has 3 heteroatoms. The molecule has 2 rings (SSSR count). The van der Waals surface area contributed by atoms with Gasteiger partial charge in [0.15, 0.2) is 0 Å². The zero-order valence-electron chi connectivity index (χ0n) is 9.26. The summed E-state index contributed by atoms with van der Waals surface area (Å²) in [7, 11) is 0. The molecule has 0 bridgehead atoms. The molecule has 0 spiro atoms. The number of aliphatic hydroxyl groups is 1. The molecule has 0 atom stereocenters. The van der Waals surface area contributed by atoms with Crippen molar-refractivity contribution in [2.45, 2.75) is 45.1 Å². The van der Waals surface area contributed by atoms with E-state index in [0.29, 0.717) is 5.56 Å². The molecule has 1 aliphatic carbocycles. The van der Waals surface area contributed by atoms with E-state index in [4.69, 9.17) is 0 Å². The Morgan fingerprint density at radius 3 is 2.67 bits per heavy atom. The fourth-order valence-corrected chi connectivity index (χ4v) is 2.13. The molecule has 0 aliphatic heterocycles. The highest BCUT2D eigenvalue weighted by molar-refractivity contribution is 5.30. The Hall–Kier alpha value is -1.09. The second-order valence-electron chi connectivity index (χ2n) is 4.78. The van der Waals surface area contributed by atoms with Gasteiger partial charge in [-0.2, -0.15) is 0 Å². The molecule has 15 heavy (non-hydrogen) atoms. The van der Waals surface area contributed by atoms with Gasteiger partial charge in [-0.1, -0.05) is 0 Å². The Labute approximate surface area is 89.2 Å². The number of hydrogen-bond donors (Lipinski definition) is 2. The monoisotopic (exact) mass is 207 g/mol. The van der Waals surface area contributed by atoms with Crippen molar-refractivity contribution < 1.29 is 5.11 Å². The van der Waals surface area contributed by atoms with Crippen LogP contribution in [0, 0.1) is 0 Å². The molecule has 82 valence electrons. The summed E-state index contributed by atoms with van der Waals surface area (Å²) in [5, 5.41) is 9.85. The third-order valence-electron chi connectivity index (χ3n) is 3.00. The third kappa shape index (κ3) is 1.97. The van der Waals surface area contributed by atoms with Crippen LogP contribution >= 0.6 is 0 Å². The molecule has 1 heterocycles. The number of H-pyrrole nitrogens is 1. The van der Waals surface area contributed by atoms with Crippen molar-refractivity contribution >= 4 is 0 Å². The first-order valence-electron chi connectivity index (χ1n) is 5.46. The number of fused-ring (bicyclic) bond motifs is 1. The van der Waals surface area contributed by atoms with Gasteiger partial charge in [-0.15, -0.1) is 0 Å². The Morgan fingerprint density at radius 2 is 2.00 bits per heavy atom. The van der Waals surface area contributed by atoms with Crippen molar-refractivity contribution in [2.24, 2.45) is 0 Å². The van der Waals surface area contributed by atoms with E-state index in [1.54, 1.807) is 13.8 Å². The van der Waals surface area contributed by atoms with Crippen LogP contribution in [0.15, 0.2) is 10.9 Å². The minimum atomic E-state index is -1.06. The lowest BCUT2D eigenvalue weighted by Crippen LogP contribution is -2.29. The summed E-state index contributed by atoms with van der Waals surface area (Å²) in [6, 6.07) is 1.87. The first kappa shape index (κ1) is 10.4. The molecule has 1 aromatic rings. The van der Waals surface area contributed by atoms with Crippen LogP contribution in [0.4, 0.5) is 0 Å². The van der Waals surface area contributed by atoms with Crippen molar-refractivity contribution in [1.82, 2.24) is 4.98 Å². The Morgan fingerprint density at radius 1 is 1.33 bits per heavy atom. The first-order valence-corrected chi connectivity index (χ1v) is 5.46. The molecule has 0 fully saturated rings. The topological polar surface area (TPSA) is 53.1 Å². The van der Waals surface area contributed by atoms with Crippen LogP contribution in [-0.2, 0) is 18.4 Å². The lowest BCUT2D eigenvalue weighted by Gasteiger charge is -2.21. The van der Waals surface area contributed by atoms with Gasteiger partial charge >= 0.3 is 0 Å². The van der Waals surface area contributed by atoms with Crippen LogP contribution in [0.25, 0.3) is 0 Å². The highest BCUT2D eigenvalue weighted by Crippen LogP contribution is 2.22. The molecule has 0 saturated heterocycles. The number of aromatic nitrogens is 1. The minimum Gasteiger partial charge on any atom is -0.386 e. The largest absolute Gasteiger partial charge is 0.386 e. The Balaban J connectivity index is 2.55. The van der Waals surface area contributed by atoms with E-state index in [9.17, 15) is 9.90 Å². The zero-order chi connectivity index (χ0) is 11.1. The summed E-state index contributed by atoms with van der Waals surface area (Å²) in [4.78, 5) is 14.6. The molecule has 0 amide bonds. The second-order valence-corrected chi connectivity index (χ2v) is 4.78. The van der Waals surface area contributed by atoms with Crippen LogP contribution < -0.4 is 5.56 Å². The van der Waals surface area contributed by atoms with Crippen molar-refractivity contribution in [1.29, 1.82) is 0 Å². The maximum absolute atomic E-state index is 11.7. The summed E-state index contributed by atoms with van der Waals surface area (Å²) >= 11 is 0. The molecule has 2 N–H and O–H groups in total. The van der Waals surface area contributed by atoms with Gasteiger partial charge in [-0.25, -0.2) is 0 Å². The van der Waals surface area contributed by atoms with Gasteiger partial charge < -0.3 is 10.1 Å². The Kier molecular flexibility index (Phi) is 2.43. The van der Waals surface area contributed by atoms with Gasteiger partial charge in [0.25, 0.3) is 5.56 Å². The smallest absolute Gasteiger partial charge is 0.254 e. The average molecular weight is 207 g/mol. The highest BCUT2D eigenvalue weighted by atomic mass is 16.3. The fraction of sp³-hybridized carbons (Fsp3) is 0.583. The molecule has 3 nitrogen and oxygen atoms in total. The van der Waals surface area contributed by atoms with Crippen LogP contribution in [0.1, 0.15) is 43.5 Å². The van der Waals surface area contributed by atoms with Crippen molar-refractivity contribution in [2.75, 3.05) is 0 Å². The molecule has 0 aromatic carbocycles. The number of hydrogen-bond acceptors (Lipinski definition) is 2. The summed E-state index contributed by atoms with van der Waals surface area (Å²) < 4.78 is 0. The van der Waals surface area contributed by atoms with E-state index in [1.165, 1.54) is 12.0 Å². The maximum Gasteiger partial charge on any atom is 0.254 e. The lowest BCUT2D eigenvalue weighted by molar-refractivity contribution is 0.0769. The molecule has 0 unspecified atom stereocenters. The minimum absolute atomic E-state index is 0.150. The summed E-state index contributed by atoms with van der Waals surface area (Å²) in [5.74, 6) is 0. The second kappa shape index (κ2) is 3.49. The van der Waals surface area contributed by atoms with Crippen LogP contribution in [0.5, 0.6) is 0 Å². The number of aromatic amines is 1. The summed E-state index contributed by atoms with van der Waals surface area (Å²) in [6.07, 6.45) is 4.28. The number of aryl methyl sites for hydroxylation is 2. The van der Waals surface area contributed by atoms with Gasteiger partial charge in [-0.05, 0) is 51.2 Å². The molecule has 1 aromatic heterocycles. The molecule has 0 saturated carbocycles. The van der Waals surface area contributed by atoms with E-state index in [1.807, 2.05) is 6.07 Å². The predicted molar refractivity (Wildman–Crippen MR) is 58.9 cm³/mol. The van der Waals surface area contributed by atoms with Crippen molar-refractivity contribution in [3.8, 4) is 0 Å². The van der Waals surface area contributed by atoms with E-state index >= 15 is 0 Å². The normalized spacial score (nSPS) is 16.2. The predicted octanol–water partition coefficient (Wildman–Crippen LogP) is 1.48. The fourth-order valence-electron chi connectivity index (χ4n) is 2.13. The van der Waals surface area contributed by atoms with Crippen LogP contribution in [-0.4, -0.2) is 10.1 Å². The molecule has 1 aliphatic rings. The SMILES string of the molecule is CC(C)(O)c1cc2c([nH]c1=O)CCCC2. The van der Waals surface area contributed by atoms with E-state index in [0.717, 1.165) is 25.0 Å². The number of pyridine rings is 1. The zero-order valence-corrected chi connectivity index (χ0v) is 9.26. The van der Waals surface area contributed by atoms with Crippen LogP contribution in [0.2, 0.25) is 0 Å². The summed E-state index contributed by atoms with van der Waals surface area (Å²) in [5.41, 5.74) is 1.52. The summed E-state index contributed by atoms with van der Waals surface area (Å²) in [6.45, 7) is 3.29. The highest BCUT2D eigenvalue weighted by Gasteiger charge is 2.22. The van der Waals surface area contributed by atoms with Gasteiger partial charge in [0.05, 0.1) is 5.60 Å². The van der Waals surface area contributed by atoms with E-state index in [2.05, 4.69) is 4.98 Å². The first-order chi connectivity index (χ1) is 6.98. The molecular formula is C12H17NO2. The standard InChI is InChI=1S/C12H17NO2/c1-12(2,15)9-7-8-5-3-4-6-10(8)13-11(9)14/h7,15H,3-6H2,1-2H3,(H,13,14). The van der Waals surface area contributed by atoms with Gasteiger partial charge in [0.2, 0.25) is 0 Å². The van der Waals surface area contributed by atoms with Gasteiger partial charge in [0.1, 0.15) is 0 Å². The van der Waals surface area contributed by atoms with E-state index < -0.39 is 5.60 Å².